The molecule has 8 nitrogen and oxygen atoms in total. The van der Waals surface area contributed by atoms with Gasteiger partial charge in [0.1, 0.15) is 23.9 Å². The Hall–Kier alpha value is -4.46. The third-order valence-corrected chi connectivity index (χ3v) is 5.44. The van der Waals surface area contributed by atoms with E-state index in [4.69, 9.17) is 28.4 Å². The van der Waals surface area contributed by atoms with Gasteiger partial charge in [0.2, 0.25) is 5.78 Å². The molecule has 0 spiro atoms. The van der Waals surface area contributed by atoms with E-state index in [1.165, 1.54) is 28.4 Å². The molecule has 4 rings (SSSR count). The number of ketones is 1. The van der Waals surface area contributed by atoms with Crippen molar-refractivity contribution < 1.29 is 38.0 Å². The van der Waals surface area contributed by atoms with Gasteiger partial charge in [-0.15, -0.1) is 0 Å². The number of allylic oxidation sites excluding steroid dienone is 1. The summed E-state index contributed by atoms with van der Waals surface area (Å²) in [5.41, 5.74) is 2.38. The van der Waals surface area contributed by atoms with Crippen LogP contribution in [0.25, 0.3) is 6.08 Å². The highest BCUT2D eigenvalue weighted by atomic mass is 16.5. The zero-order valence-electron chi connectivity index (χ0n) is 19.7. The molecule has 3 aromatic carbocycles. The van der Waals surface area contributed by atoms with Gasteiger partial charge in [0.05, 0.1) is 39.6 Å². The third kappa shape index (κ3) is 4.91. The lowest BCUT2D eigenvalue weighted by atomic mass is 10.1. The van der Waals surface area contributed by atoms with Gasteiger partial charge in [-0.05, 0) is 42.0 Å². The van der Waals surface area contributed by atoms with Gasteiger partial charge in [-0.2, -0.15) is 0 Å². The Labute approximate surface area is 202 Å². The van der Waals surface area contributed by atoms with Crippen molar-refractivity contribution in [2.24, 2.45) is 0 Å². The second-order valence-electron chi connectivity index (χ2n) is 7.52. The molecule has 3 aromatic rings. The second-order valence-corrected chi connectivity index (χ2v) is 7.52. The van der Waals surface area contributed by atoms with Crippen LogP contribution in [0, 0.1) is 0 Å². The van der Waals surface area contributed by atoms with Crippen LogP contribution >= 0.6 is 0 Å². The van der Waals surface area contributed by atoms with E-state index in [0.29, 0.717) is 45.4 Å². The highest BCUT2D eigenvalue weighted by Gasteiger charge is 2.28. The zero-order chi connectivity index (χ0) is 24.9. The van der Waals surface area contributed by atoms with E-state index in [2.05, 4.69) is 0 Å². The van der Waals surface area contributed by atoms with E-state index in [1.807, 2.05) is 0 Å². The Kier molecular flexibility index (Phi) is 6.91. The largest absolute Gasteiger partial charge is 0.496 e. The number of hydrogen-bond acceptors (Lipinski definition) is 8. The van der Waals surface area contributed by atoms with E-state index in [9.17, 15) is 9.59 Å². The average molecular weight is 476 g/mol. The summed E-state index contributed by atoms with van der Waals surface area (Å²) in [5, 5.41) is 0. The summed E-state index contributed by atoms with van der Waals surface area (Å²) in [7, 11) is 5.93. The van der Waals surface area contributed by atoms with Gasteiger partial charge in [-0.1, -0.05) is 12.1 Å². The Bertz CT molecular complexity index is 1290. The van der Waals surface area contributed by atoms with Crippen LogP contribution in [0.5, 0.6) is 28.7 Å². The fourth-order valence-corrected chi connectivity index (χ4v) is 3.59. The molecule has 0 aliphatic carbocycles. The lowest BCUT2D eigenvalue weighted by Crippen LogP contribution is -2.02. The monoisotopic (exact) mass is 476 g/mol. The first-order valence-electron chi connectivity index (χ1n) is 10.7. The van der Waals surface area contributed by atoms with Crippen molar-refractivity contribution in [3.8, 4) is 28.7 Å². The molecule has 180 valence electrons. The van der Waals surface area contributed by atoms with Crippen LogP contribution in [-0.2, 0) is 11.3 Å². The number of benzene rings is 3. The van der Waals surface area contributed by atoms with Gasteiger partial charge in [0.15, 0.2) is 17.3 Å². The molecule has 1 aliphatic heterocycles. The minimum atomic E-state index is -0.396. The molecule has 1 heterocycles. The molecule has 0 N–H and O–H groups in total. The van der Waals surface area contributed by atoms with E-state index in [1.54, 1.807) is 60.7 Å². The highest BCUT2D eigenvalue weighted by molar-refractivity contribution is 6.14. The Morgan fingerprint density at radius 3 is 2.20 bits per heavy atom. The van der Waals surface area contributed by atoms with E-state index >= 15 is 0 Å². The predicted molar refractivity (Wildman–Crippen MR) is 128 cm³/mol. The van der Waals surface area contributed by atoms with Crippen molar-refractivity contribution in [2.75, 3.05) is 28.4 Å². The predicted octanol–water partition coefficient (Wildman–Crippen LogP) is 4.69. The summed E-state index contributed by atoms with van der Waals surface area (Å²) in [6, 6.07) is 15.4. The van der Waals surface area contributed by atoms with Crippen LogP contribution in [0.15, 0.2) is 60.4 Å². The van der Waals surface area contributed by atoms with Crippen LogP contribution in [0.2, 0.25) is 0 Å². The topological polar surface area (TPSA) is 89.5 Å². The molecule has 0 amide bonds. The lowest BCUT2D eigenvalue weighted by molar-refractivity contribution is 0.0600. The Morgan fingerprint density at radius 2 is 1.54 bits per heavy atom. The molecule has 0 aromatic heterocycles. The van der Waals surface area contributed by atoms with Crippen molar-refractivity contribution in [2.45, 2.75) is 6.61 Å². The van der Waals surface area contributed by atoms with Gasteiger partial charge in [0, 0.05) is 17.7 Å². The SMILES string of the molecule is COC(=O)c1ccc(COc2ccc3c(c2)OC(=Cc2cc(OC)c(OC)cc2OC)C3=O)cc1. The van der Waals surface area contributed by atoms with Crippen LogP contribution < -0.4 is 23.7 Å². The molecule has 0 radical (unpaired) electrons. The average Bonchev–Trinajstić information content (AvgIpc) is 3.21. The number of carbonyl (C=O) groups excluding carboxylic acids is 2. The maximum atomic E-state index is 12.9. The number of Topliss-reactive ketones (excluding diaryl/α,β-unsaturated/α-hetero) is 1. The molecule has 0 saturated carbocycles. The van der Waals surface area contributed by atoms with Crippen molar-refractivity contribution >= 4 is 17.8 Å². The van der Waals surface area contributed by atoms with Crippen molar-refractivity contribution in [1.82, 2.24) is 0 Å². The fourth-order valence-electron chi connectivity index (χ4n) is 3.59. The number of ether oxygens (including phenoxy) is 6. The van der Waals surface area contributed by atoms with Crippen molar-refractivity contribution in [3.05, 3.63) is 82.6 Å². The molecule has 0 bridgehead atoms. The normalized spacial score (nSPS) is 13.1. The minimum absolute atomic E-state index is 0.154. The number of fused-ring (bicyclic) bond motifs is 1. The lowest BCUT2D eigenvalue weighted by Gasteiger charge is -2.12. The first-order chi connectivity index (χ1) is 17.0. The van der Waals surface area contributed by atoms with Gasteiger partial charge in [-0.3, -0.25) is 4.79 Å². The van der Waals surface area contributed by atoms with Crippen LogP contribution in [0.1, 0.15) is 31.8 Å². The first kappa shape index (κ1) is 23.7. The Morgan fingerprint density at radius 1 is 0.857 bits per heavy atom. The summed E-state index contributed by atoms with van der Waals surface area (Å²) < 4.78 is 32.5. The van der Waals surface area contributed by atoms with Gasteiger partial charge < -0.3 is 28.4 Å². The number of hydrogen-bond donors (Lipinski definition) is 0. The second kappa shape index (κ2) is 10.2. The van der Waals surface area contributed by atoms with Gasteiger partial charge >= 0.3 is 5.97 Å². The number of rotatable bonds is 8. The van der Waals surface area contributed by atoms with Crippen LogP contribution in [-0.4, -0.2) is 40.2 Å². The van der Waals surface area contributed by atoms with E-state index < -0.39 is 5.97 Å². The minimum Gasteiger partial charge on any atom is -0.496 e. The molecule has 8 heteroatoms. The highest BCUT2D eigenvalue weighted by Crippen LogP contribution is 2.39. The fraction of sp³-hybridized carbons (Fsp3) is 0.185. The summed E-state index contributed by atoms with van der Waals surface area (Å²) in [6.45, 7) is 0.278. The summed E-state index contributed by atoms with van der Waals surface area (Å²) >= 11 is 0. The van der Waals surface area contributed by atoms with Crippen LogP contribution in [0.4, 0.5) is 0 Å². The molecular formula is C27H24O8. The smallest absolute Gasteiger partial charge is 0.337 e. The third-order valence-electron chi connectivity index (χ3n) is 5.44. The maximum Gasteiger partial charge on any atom is 0.337 e. The van der Waals surface area contributed by atoms with E-state index in [-0.39, 0.29) is 18.1 Å². The quantitative estimate of drug-likeness (QED) is 0.342. The molecule has 0 saturated heterocycles. The zero-order valence-corrected chi connectivity index (χ0v) is 19.7. The Balaban J connectivity index is 1.51. The van der Waals surface area contributed by atoms with Gasteiger partial charge in [0.25, 0.3) is 0 Å². The summed E-state index contributed by atoms with van der Waals surface area (Å²) in [5.74, 6) is 1.96. The molecule has 0 fully saturated rings. The molecule has 0 atom stereocenters. The molecule has 1 aliphatic rings. The molecule has 0 unspecified atom stereocenters. The first-order valence-corrected chi connectivity index (χ1v) is 10.7. The number of methoxy groups -OCH3 is 4. The van der Waals surface area contributed by atoms with Crippen LogP contribution in [0.3, 0.4) is 0 Å². The molecular weight excluding hydrogens is 452 g/mol. The number of esters is 1. The van der Waals surface area contributed by atoms with Gasteiger partial charge in [-0.25, -0.2) is 4.79 Å². The standard InChI is InChI=1S/C27H24O8/c1-30-21-14-24(32-3)23(31-2)11-18(21)12-25-26(28)20-10-9-19(13-22(20)35-25)34-15-16-5-7-17(8-6-16)27(29)33-4/h5-14H,15H2,1-4H3. The summed E-state index contributed by atoms with van der Waals surface area (Å²) in [6.07, 6.45) is 1.60. The van der Waals surface area contributed by atoms with E-state index in [0.717, 1.165) is 5.56 Å². The summed E-state index contributed by atoms with van der Waals surface area (Å²) in [4.78, 5) is 24.5. The maximum absolute atomic E-state index is 12.9. The number of carbonyl (C=O) groups is 2. The van der Waals surface area contributed by atoms with Crippen molar-refractivity contribution in [1.29, 1.82) is 0 Å². The molecule has 35 heavy (non-hydrogen) atoms. The van der Waals surface area contributed by atoms with Crippen molar-refractivity contribution in [3.63, 3.8) is 0 Å².